The second-order valence-electron chi connectivity index (χ2n) is 6.45. The average Bonchev–Trinajstić information content (AvgIpc) is 3.35. The van der Waals surface area contributed by atoms with Crippen molar-refractivity contribution in [3.05, 3.63) is 40.9 Å². The van der Waals surface area contributed by atoms with E-state index in [0.29, 0.717) is 0 Å². The number of nitrogens with one attached hydrogen (secondary N) is 5. The molecule has 0 unspecified atom stereocenters. The zero-order chi connectivity index (χ0) is 18.5. The van der Waals surface area contributed by atoms with Gasteiger partial charge in [-0.3, -0.25) is 9.69 Å². The highest BCUT2D eigenvalue weighted by atomic mass is 32.1. The molecule has 2 aliphatic heterocycles. The summed E-state index contributed by atoms with van der Waals surface area (Å²) in [6.07, 6.45) is -0.114. The summed E-state index contributed by atoms with van der Waals surface area (Å²) in [6.45, 7) is 4.46. The van der Waals surface area contributed by atoms with Crippen molar-refractivity contribution in [1.82, 2.24) is 37.1 Å². The van der Waals surface area contributed by atoms with Gasteiger partial charge < -0.3 is 10.1 Å². The van der Waals surface area contributed by atoms with Crippen LogP contribution in [-0.2, 0) is 22.5 Å². The molecule has 1 aromatic carbocycles. The van der Waals surface area contributed by atoms with Gasteiger partial charge in [0.2, 0.25) is 5.91 Å². The molecule has 0 bridgehead atoms. The van der Waals surface area contributed by atoms with Crippen molar-refractivity contribution in [1.29, 1.82) is 0 Å². The zero-order valence-corrected chi connectivity index (χ0v) is 15.6. The van der Waals surface area contributed by atoms with Crippen molar-refractivity contribution in [2.24, 2.45) is 0 Å². The van der Waals surface area contributed by atoms with Crippen LogP contribution in [0.25, 0.3) is 10.6 Å². The van der Waals surface area contributed by atoms with E-state index < -0.39 is 0 Å². The Morgan fingerprint density at radius 3 is 2.93 bits per heavy atom. The van der Waals surface area contributed by atoms with Crippen molar-refractivity contribution in [3.63, 3.8) is 0 Å². The van der Waals surface area contributed by atoms with Crippen LogP contribution in [0.4, 0.5) is 0 Å². The van der Waals surface area contributed by atoms with E-state index in [1.165, 1.54) is 5.56 Å². The molecule has 2 aromatic rings. The average molecular weight is 389 g/mol. The highest BCUT2D eigenvalue weighted by Crippen LogP contribution is 2.25. The minimum Gasteiger partial charge on any atom is -0.379 e. The number of hydrazine groups is 3. The van der Waals surface area contributed by atoms with E-state index in [1.54, 1.807) is 11.3 Å². The number of amides is 1. The van der Waals surface area contributed by atoms with Gasteiger partial charge in [-0.05, 0) is 11.6 Å². The van der Waals surface area contributed by atoms with E-state index in [2.05, 4.69) is 61.4 Å². The second-order valence-corrected chi connectivity index (χ2v) is 7.31. The number of rotatable bonds is 6. The first-order chi connectivity index (χ1) is 13.3. The van der Waals surface area contributed by atoms with Crippen LogP contribution in [0, 0.1) is 0 Å². The van der Waals surface area contributed by atoms with Gasteiger partial charge in [0.05, 0.1) is 25.3 Å². The summed E-state index contributed by atoms with van der Waals surface area (Å²) in [5, 5.41) is 5.67. The fourth-order valence-electron chi connectivity index (χ4n) is 3.04. The lowest BCUT2D eigenvalue weighted by molar-refractivity contribution is -0.121. The Hall–Kier alpha value is -1.92. The molecule has 5 N–H and O–H groups in total. The normalized spacial score (nSPS) is 18.7. The van der Waals surface area contributed by atoms with Gasteiger partial charge in [-0.15, -0.1) is 11.3 Å². The Kier molecular flexibility index (Phi) is 6.04. The van der Waals surface area contributed by atoms with Gasteiger partial charge in [-0.2, -0.15) is 11.1 Å². The number of carbonyl (C=O) groups is 1. The van der Waals surface area contributed by atoms with Crippen molar-refractivity contribution >= 4 is 17.2 Å². The Labute approximate surface area is 161 Å². The molecule has 4 rings (SSSR count). The first-order valence-corrected chi connectivity index (χ1v) is 9.78. The van der Waals surface area contributed by atoms with E-state index in [9.17, 15) is 4.79 Å². The number of aromatic nitrogens is 1. The number of thiazole rings is 1. The Morgan fingerprint density at radius 2 is 2.11 bits per heavy atom. The molecule has 3 heterocycles. The van der Waals surface area contributed by atoms with E-state index in [1.807, 2.05) is 5.38 Å². The molecule has 2 saturated heterocycles. The first-order valence-electron chi connectivity index (χ1n) is 8.90. The highest BCUT2D eigenvalue weighted by molar-refractivity contribution is 7.13. The highest BCUT2D eigenvalue weighted by Gasteiger charge is 2.16. The predicted octanol–water partition coefficient (Wildman–Crippen LogP) is -0.298. The largest absolute Gasteiger partial charge is 0.379 e. The van der Waals surface area contributed by atoms with Crippen LogP contribution < -0.4 is 27.2 Å². The van der Waals surface area contributed by atoms with Gasteiger partial charge in [0.1, 0.15) is 5.01 Å². The molecule has 1 aromatic heterocycles. The summed E-state index contributed by atoms with van der Waals surface area (Å²) in [6, 6.07) is 8.46. The summed E-state index contributed by atoms with van der Waals surface area (Å²) in [7, 11) is 0. The summed E-state index contributed by atoms with van der Waals surface area (Å²) in [4.78, 5) is 19.1. The van der Waals surface area contributed by atoms with E-state index in [-0.39, 0.29) is 18.6 Å². The molecule has 9 nitrogen and oxygen atoms in total. The number of hydrogen-bond acceptors (Lipinski definition) is 9. The van der Waals surface area contributed by atoms with Gasteiger partial charge in [-0.25, -0.2) is 15.8 Å². The van der Waals surface area contributed by atoms with Gasteiger partial charge in [0.15, 0.2) is 6.29 Å². The van der Waals surface area contributed by atoms with Gasteiger partial charge in [0, 0.05) is 30.6 Å². The number of carbonyl (C=O) groups excluding carboxylic acids is 1. The zero-order valence-electron chi connectivity index (χ0n) is 14.8. The maximum absolute atomic E-state index is 12.1. The predicted molar refractivity (Wildman–Crippen MR) is 102 cm³/mol. The number of ether oxygens (including phenoxy) is 1. The summed E-state index contributed by atoms with van der Waals surface area (Å²) < 4.78 is 5.41. The number of hydrogen-bond donors (Lipinski definition) is 5. The summed E-state index contributed by atoms with van der Waals surface area (Å²) in [5.74, 6) is -0.108. The third-order valence-corrected chi connectivity index (χ3v) is 5.32. The molecule has 27 heavy (non-hydrogen) atoms. The lowest BCUT2D eigenvalue weighted by atomic mass is 10.1. The van der Waals surface area contributed by atoms with Crippen LogP contribution in [0.1, 0.15) is 11.3 Å². The summed E-state index contributed by atoms with van der Waals surface area (Å²) >= 11 is 1.56. The Morgan fingerprint density at radius 1 is 1.30 bits per heavy atom. The maximum Gasteiger partial charge on any atom is 0.228 e. The molecule has 2 fully saturated rings. The van der Waals surface area contributed by atoms with Crippen LogP contribution in [0.5, 0.6) is 0 Å². The molecule has 2 aliphatic rings. The third-order valence-electron chi connectivity index (χ3n) is 4.38. The van der Waals surface area contributed by atoms with Gasteiger partial charge in [-0.1, -0.05) is 18.2 Å². The number of benzene rings is 1. The standard InChI is InChI=1S/C17H23N7O2S/c25-15(19-17-20-22-23-21-17)9-14-11-27-16(18-14)13-3-1-2-12(8-13)10-24-4-6-26-7-5-24/h1-3,8,11,17,20-23H,4-7,9-10H2,(H,19,25). The van der Waals surface area contributed by atoms with Gasteiger partial charge in [0.25, 0.3) is 0 Å². The minimum atomic E-state index is -0.354. The van der Waals surface area contributed by atoms with Crippen LogP contribution in [0.2, 0.25) is 0 Å². The second kappa shape index (κ2) is 8.85. The topological polar surface area (TPSA) is 103 Å². The third kappa shape index (κ3) is 5.08. The lowest BCUT2D eigenvalue weighted by Crippen LogP contribution is -2.50. The molecule has 0 spiro atoms. The lowest BCUT2D eigenvalue weighted by Gasteiger charge is -2.26. The minimum absolute atomic E-state index is 0.108. The SMILES string of the molecule is O=C(Cc1csc(-c2cccc(CN3CCOCC3)c2)n1)NC1NNNN1. The molecule has 0 aliphatic carbocycles. The molecule has 144 valence electrons. The Bertz CT molecular complexity index is 772. The molecular weight excluding hydrogens is 366 g/mol. The fourth-order valence-corrected chi connectivity index (χ4v) is 3.86. The van der Waals surface area contributed by atoms with Crippen LogP contribution in [-0.4, -0.2) is 48.4 Å². The van der Waals surface area contributed by atoms with E-state index >= 15 is 0 Å². The van der Waals surface area contributed by atoms with Crippen LogP contribution in [0.15, 0.2) is 29.6 Å². The fraction of sp³-hybridized carbons (Fsp3) is 0.412. The smallest absolute Gasteiger partial charge is 0.228 e. The first kappa shape index (κ1) is 18.4. The van der Waals surface area contributed by atoms with Crippen LogP contribution >= 0.6 is 11.3 Å². The molecule has 0 atom stereocenters. The van der Waals surface area contributed by atoms with Crippen molar-refractivity contribution in [3.8, 4) is 10.6 Å². The van der Waals surface area contributed by atoms with Crippen molar-refractivity contribution < 1.29 is 9.53 Å². The number of nitrogens with zero attached hydrogens (tertiary/aromatic N) is 2. The molecule has 10 heteroatoms. The van der Waals surface area contributed by atoms with Gasteiger partial charge >= 0.3 is 0 Å². The van der Waals surface area contributed by atoms with Crippen molar-refractivity contribution in [2.45, 2.75) is 19.3 Å². The molecule has 1 amide bonds. The maximum atomic E-state index is 12.1. The molecule has 0 radical (unpaired) electrons. The molecule has 0 saturated carbocycles. The molecular formula is C17H23N7O2S. The Balaban J connectivity index is 1.37. The van der Waals surface area contributed by atoms with E-state index in [0.717, 1.165) is 49.1 Å². The van der Waals surface area contributed by atoms with E-state index in [4.69, 9.17) is 4.74 Å². The van der Waals surface area contributed by atoms with Crippen molar-refractivity contribution in [2.75, 3.05) is 26.3 Å². The quantitative estimate of drug-likeness (QED) is 0.459. The van der Waals surface area contributed by atoms with Crippen LogP contribution in [0.3, 0.4) is 0 Å². The summed E-state index contributed by atoms with van der Waals surface area (Å²) in [5.41, 5.74) is 14.0. The monoisotopic (exact) mass is 389 g/mol. The number of morpholine rings is 1.